The van der Waals surface area contributed by atoms with Crippen LogP contribution in [0.5, 0.6) is 17.2 Å². The van der Waals surface area contributed by atoms with Gasteiger partial charge in [-0.05, 0) is 38.2 Å². The molecule has 1 aliphatic carbocycles. The molecule has 1 atom stereocenters. The van der Waals surface area contributed by atoms with Crippen LogP contribution in [0.2, 0.25) is 0 Å². The van der Waals surface area contributed by atoms with Gasteiger partial charge in [-0.2, -0.15) is 4.98 Å². The number of benzene rings is 1. The molecule has 0 radical (unpaired) electrons. The number of carbonyl (C=O) groups is 1. The van der Waals surface area contributed by atoms with Crippen molar-refractivity contribution in [1.82, 2.24) is 9.97 Å². The lowest BCUT2D eigenvalue weighted by molar-refractivity contribution is -0.116. The highest BCUT2D eigenvalue weighted by molar-refractivity contribution is 6.01. The molecule has 9 nitrogen and oxygen atoms in total. The highest BCUT2D eigenvalue weighted by Gasteiger charge is 2.40. The molecule has 5 rings (SSSR count). The Bertz CT molecular complexity index is 1210. The van der Waals surface area contributed by atoms with Crippen LogP contribution in [0.4, 0.5) is 11.8 Å². The quantitative estimate of drug-likeness (QED) is 0.691. The zero-order valence-corrected chi connectivity index (χ0v) is 19.8. The number of anilines is 2. The van der Waals surface area contributed by atoms with Crippen molar-refractivity contribution in [3.8, 4) is 17.2 Å². The summed E-state index contributed by atoms with van der Waals surface area (Å²) in [6.07, 6.45) is 5.26. The van der Waals surface area contributed by atoms with Crippen molar-refractivity contribution >= 4 is 17.5 Å². The molecule has 3 heterocycles. The predicted octanol–water partition coefficient (Wildman–Crippen LogP) is 3.35. The Morgan fingerprint density at radius 3 is 2.32 bits per heavy atom. The van der Waals surface area contributed by atoms with Crippen molar-refractivity contribution in [2.45, 2.75) is 44.4 Å². The summed E-state index contributed by atoms with van der Waals surface area (Å²) in [6.45, 7) is 1.72. The Kier molecular flexibility index (Phi) is 5.93. The lowest BCUT2D eigenvalue weighted by atomic mass is 9.76. The summed E-state index contributed by atoms with van der Waals surface area (Å²) in [7, 11) is 4.67. The molecule has 9 heteroatoms. The summed E-state index contributed by atoms with van der Waals surface area (Å²) in [4.78, 5) is 36.7. The highest BCUT2D eigenvalue weighted by atomic mass is 16.5. The average molecular weight is 467 g/mol. The third-order valence-electron chi connectivity index (χ3n) is 6.95. The van der Waals surface area contributed by atoms with Crippen LogP contribution in [0.1, 0.15) is 55.6 Å². The largest absolute Gasteiger partial charge is 0.496 e. The summed E-state index contributed by atoms with van der Waals surface area (Å²) >= 11 is 0. The minimum Gasteiger partial charge on any atom is -0.496 e. The van der Waals surface area contributed by atoms with Gasteiger partial charge >= 0.3 is 0 Å². The standard InChI is InChI=1S/C25H30N4O5/c1-32-17-13-19(34-3)18(33-2)12-14(17)20-21-15(8-7-9-16(21)30)26-23-22(20)24(31)28-25(27-23)29-10-5-4-6-11-29/h12-13,20H,4-11H2,1-3H3,(H2,26,27,28,31). The first-order chi connectivity index (χ1) is 16.5. The lowest BCUT2D eigenvalue weighted by Gasteiger charge is -2.34. The molecule has 1 saturated heterocycles. The number of carbonyl (C=O) groups excluding carboxylic acids is 1. The number of hydrogen-bond acceptors (Lipinski definition) is 8. The van der Waals surface area contributed by atoms with Crippen molar-refractivity contribution in [3.05, 3.63) is 44.9 Å². The van der Waals surface area contributed by atoms with Gasteiger partial charge in [-0.1, -0.05) is 0 Å². The minimum atomic E-state index is -0.625. The van der Waals surface area contributed by atoms with Crippen LogP contribution in [0, 0.1) is 0 Å². The van der Waals surface area contributed by atoms with Gasteiger partial charge in [-0.3, -0.25) is 14.6 Å². The summed E-state index contributed by atoms with van der Waals surface area (Å²) in [5.41, 5.74) is 2.25. The van der Waals surface area contributed by atoms with Crippen molar-refractivity contribution < 1.29 is 19.0 Å². The maximum Gasteiger partial charge on any atom is 0.258 e. The second-order valence-corrected chi connectivity index (χ2v) is 8.88. The van der Waals surface area contributed by atoms with Gasteiger partial charge in [-0.25, -0.2) is 0 Å². The fraction of sp³-hybridized carbons (Fsp3) is 0.480. The van der Waals surface area contributed by atoms with Crippen LogP contribution < -0.4 is 30.0 Å². The van der Waals surface area contributed by atoms with E-state index in [9.17, 15) is 9.59 Å². The van der Waals surface area contributed by atoms with E-state index in [0.29, 0.717) is 52.1 Å². The first-order valence-corrected chi connectivity index (χ1v) is 11.8. The second-order valence-electron chi connectivity index (χ2n) is 8.88. The molecule has 1 aromatic heterocycles. The molecule has 1 fully saturated rings. The molecule has 0 amide bonds. The van der Waals surface area contributed by atoms with Crippen molar-refractivity contribution in [2.75, 3.05) is 44.6 Å². The number of nitrogens with zero attached hydrogens (tertiary/aromatic N) is 2. The molecule has 0 saturated carbocycles. The molecule has 34 heavy (non-hydrogen) atoms. The molecule has 0 bridgehead atoms. The Morgan fingerprint density at radius 1 is 0.912 bits per heavy atom. The molecule has 2 N–H and O–H groups in total. The minimum absolute atomic E-state index is 0.0285. The zero-order valence-electron chi connectivity index (χ0n) is 19.8. The number of fused-ring (bicyclic) bond motifs is 1. The Labute approximate surface area is 198 Å². The number of allylic oxidation sites excluding steroid dienone is 2. The number of ketones is 1. The third kappa shape index (κ3) is 3.69. The van der Waals surface area contributed by atoms with Crippen molar-refractivity contribution in [1.29, 1.82) is 0 Å². The van der Waals surface area contributed by atoms with Crippen molar-refractivity contribution in [2.24, 2.45) is 0 Å². The van der Waals surface area contributed by atoms with E-state index in [0.717, 1.165) is 44.5 Å². The van der Waals surface area contributed by atoms with Crippen molar-refractivity contribution in [3.63, 3.8) is 0 Å². The number of piperidine rings is 1. The van der Waals surface area contributed by atoms with Gasteiger partial charge in [0.05, 0.1) is 32.8 Å². The van der Waals surface area contributed by atoms with E-state index < -0.39 is 5.92 Å². The van der Waals surface area contributed by atoms with Crippen LogP contribution in [0.15, 0.2) is 28.2 Å². The van der Waals surface area contributed by atoms with Gasteiger partial charge < -0.3 is 24.4 Å². The van der Waals surface area contributed by atoms with E-state index in [1.165, 1.54) is 6.42 Å². The van der Waals surface area contributed by atoms with Gasteiger partial charge in [-0.15, -0.1) is 0 Å². The van der Waals surface area contributed by atoms with Crippen LogP contribution in [-0.4, -0.2) is 50.2 Å². The van der Waals surface area contributed by atoms with E-state index in [1.807, 2.05) is 0 Å². The van der Waals surface area contributed by atoms with Gasteiger partial charge in [0.25, 0.3) is 5.56 Å². The zero-order chi connectivity index (χ0) is 23.8. The molecular formula is C25H30N4O5. The normalized spacial score (nSPS) is 19.8. The fourth-order valence-electron chi connectivity index (χ4n) is 5.29. The van der Waals surface area contributed by atoms with Crippen LogP contribution >= 0.6 is 0 Å². The maximum absolute atomic E-state index is 13.6. The molecule has 2 aromatic rings. The molecule has 180 valence electrons. The first-order valence-electron chi connectivity index (χ1n) is 11.8. The molecule has 1 unspecified atom stereocenters. The van der Waals surface area contributed by atoms with Gasteiger partial charge in [0.15, 0.2) is 17.3 Å². The van der Waals surface area contributed by atoms with Gasteiger partial charge in [0.1, 0.15) is 11.6 Å². The molecule has 2 aliphatic heterocycles. The van der Waals surface area contributed by atoms with E-state index in [1.54, 1.807) is 33.5 Å². The summed E-state index contributed by atoms with van der Waals surface area (Å²) in [5, 5.41) is 3.34. The van der Waals surface area contributed by atoms with Crippen LogP contribution in [-0.2, 0) is 4.79 Å². The summed E-state index contributed by atoms with van der Waals surface area (Å²) < 4.78 is 16.7. The van der Waals surface area contributed by atoms with Gasteiger partial charge in [0.2, 0.25) is 5.95 Å². The summed E-state index contributed by atoms with van der Waals surface area (Å²) in [6, 6.07) is 3.52. The third-order valence-corrected chi connectivity index (χ3v) is 6.95. The molecule has 3 aliphatic rings. The number of ether oxygens (including phenoxy) is 3. The van der Waals surface area contributed by atoms with E-state index in [-0.39, 0.29) is 11.3 Å². The number of aromatic nitrogens is 2. The SMILES string of the molecule is COc1cc(OC)c(C2C3=C(CCCC3=O)Nc3nc(N4CCCCC4)[nH]c(=O)c32)cc1OC. The average Bonchev–Trinajstić information content (AvgIpc) is 2.87. The number of Topliss-reactive ketones (excluding diaryl/α,β-unsaturated/α-hetero) is 1. The number of nitrogens with one attached hydrogen (secondary N) is 2. The second kappa shape index (κ2) is 9.04. The molecule has 0 spiro atoms. The topological polar surface area (TPSA) is 106 Å². The highest BCUT2D eigenvalue weighted by Crippen LogP contribution is 2.48. The number of hydrogen-bond donors (Lipinski definition) is 2. The number of rotatable bonds is 5. The van der Waals surface area contributed by atoms with Crippen LogP contribution in [0.3, 0.4) is 0 Å². The Balaban J connectivity index is 1.73. The van der Waals surface area contributed by atoms with E-state index in [4.69, 9.17) is 19.2 Å². The maximum atomic E-state index is 13.6. The summed E-state index contributed by atoms with van der Waals surface area (Å²) in [5.74, 6) is 1.99. The number of aromatic amines is 1. The monoisotopic (exact) mass is 466 g/mol. The Morgan fingerprint density at radius 2 is 1.62 bits per heavy atom. The van der Waals surface area contributed by atoms with E-state index >= 15 is 0 Å². The number of H-pyrrole nitrogens is 1. The lowest BCUT2D eigenvalue weighted by Crippen LogP contribution is -2.36. The molecular weight excluding hydrogens is 436 g/mol. The predicted molar refractivity (Wildman–Crippen MR) is 128 cm³/mol. The Hall–Kier alpha value is -3.49. The fourth-order valence-corrected chi connectivity index (χ4v) is 5.29. The first kappa shape index (κ1) is 22.3. The van der Waals surface area contributed by atoms with Crippen LogP contribution in [0.25, 0.3) is 0 Å². The number of methoxy groups -OCH3 is 3. The molecule has 1 aromatic carbocycles. The smallest absolute Gasteiger partial charge is 0.258 e. The van der Waals surface area contributed by atoms with Gasteiger partial charge in [0, 0.05) is 42.4 Å². The van der Waals surface area contributed by atoms with E-state index in [2.05, 4.69) is 15.2 Å².